The van der Waals surface area contributed by atoms with Gasteiger partial charge in [-0.3, -0.25) is 9.80 Å². The van der Waals surface area contributed by atoms with E-state index < -0.39 is 5.97 Å². The predicted octanol–water partition coefficient (Wildman–Crippen LogP) is 3.29. The van der Waals surface area contributed by atoms with E-state index in [0.29, 0.717) is 5.56 Å². The monoisotopic (exact) mass is 366 g/mol. The summed E-state index contributed by atoms with van der Waals surface area (Å²) in [5.74, 6) is -0.0810. The third-order valence-corrected chi connectivity index (χ3v) is 5.04. The van der Waals surface area contributed by atoms with E-state index in [4.69, 9.17) is 4.74 Å². The number of aromatic carboxylic acids is 1. The van der Waals surface area contributed by atoms with Crippen LogP contribution < -0.4 is 4.74 Å². The Kier molecular flexibility index (Phi) is 6.27. The molecule has 0 aliphatic carbocycles. The number of hydrogen-bond acceptors (Lipinski definition) is 4. The molecule has 142 valence electrons. The Balaban J connectivity index is 1.91. The van der Waals surface area contributed by atoms with Gasteiger partial charge in [0.25, 0.3) is 0 Å². The second-order valence-electron chi connectivity index (χ2n) is 6.73. The topological polar surface area (TPSA) is 53.0 Å². The maximum Gasteiger partial charge on any atom is 0.335 e. The van der Waals surface area contributed by atoms with E-state index >= 15 is 0 Å². The summed E-state index contributed by atoms with van der Waals surface area (Å²) in [5, 5.41) is 9.19. The molecule has 0 amide bonds. The fourth-order valence-corrected chi connectivity index (χ4v) is 3.62. The molecule has 2 aromatic rings. The first kappa shape index (κ1) is 19.1. The van der Waals surface area contributed by atoms with Crippen molar-refractivity contribution in [2.75, 3.05) is 39.8 Å². The molecule has 1 aliphatic heterocycles. The van der Waals surface area contributed by atoms with Crippen molar-refractivity contribution >= 4 is 5.97 Å². The van der Waals surface area contributed by atoms with Gasteiger partial charge in [-0.25, -0.2) is 4.79 Å². The Morgan fingerprint density at radius 3 is 2.44 bits per heavy atom. The maximum atomic E-state index is 11.2. The van der Waals surface area contributed by atoms with Gasteiger partial charge in [-0.15, -0.1) is 6.58 Å². The largest absolute Gasteiger partial charge is 0.497 e. The highest BCUT2D eigenvalue weighted by Gasteiger charge is 2.26. The fourth-order valence-electron chi connectivity index (χ4n) is 3.62. The molecule has 0 bridgehead atoms. The minimum atomic E-state index is -0.905. The molecule has 1 saturated heterocycles. The molecule has 2 aromatic carbocycles. The zero-order chi connectivity index (χ0) is 19.2. The first-order valence-electron chi connectivity index (χ1n) is 9.17. The standard InChI is InChI=1S/C22H26N2O3/c1-3-11-23-12-14-24(15-13-23)21(19-5-4-6-20(16-19)27-2)17-7-9-18(10-8-17)22(25)26/h3-10,16,21H,1,11-15H2,2H3,(H,25,26)/t21-/m1/s1. The van der Waals surface area contributed by atoms with Crippen molar-refractivity contribution in [1.29, 1.82) is 0 Å². The van der Waals surface area contributed by atoms with Crippen molar-refractivity contribution in [1.82, 2.24) is 9.80 Å². The van der Waals surface area contributed by atoms with Crippen LogP contribution in [-0.2, 0) is 0 Å². The maximum absolute atomic E-state index is 11.2. The smallest absolute Gasteiger partial charge is 0.335 e. The molecular formula is C22H26N2O3. The Hall–Kier alpha value is -2.63. The Morgan fingerprint density at radius 1 is 1.15 bits per heavy atom. The summed E-state index contributed by atoms with van der Waals surface area (Å²) < 4.78 is 5.41. The van der Waals surface area contributed by atoms with E-state index in [2.05, 4.69) is 28.5 Å². The number of ether oxygens (including phenoxy) is 1. The summed E-state index contributed by atoms with van der Waals surface area (Å²) in [6, 6.07) is 15.4. The molecule has 1 fully saturated rings. The minimum absolute atomic E-state index is 0.0637. The first-order chi connectivity index (χ1) is 13.1. The SMILES string of the molecule is C=CCN1CCN([C@H](c2ccc(C(=O)O)cc2)c2cccc(OC)c2)CC1. The lowest BCUT2D eigenvalue weighted by atomic mass is 9.95. The second-order valence-corrected chi connectivity index (χ2v) is 6.73. The van der Waals surface area contributed by atoms with Gasteiger partial charge in [0.1, 0.15) is 5.75 Å². The molecule has 1 aliphatic rings. The van der Waals surface area contributed by atoms with Crippen LogP contribution in [0.5, 0.6) is 5.75 Å². The number of methoxy groups -OCH3 is 1. The number of piperazine rings is 1. The minimum Gasteiger partial charge on any atom is -0.497 e. The van der Waals surface area contributed by atoms with Crippen molar-refractivity contribution in [3.8, 4) is 5.75 Å². The summed E-state index contributed by atoms with van der Waals surface area (Å²) in [4.78, 5) is 16.0. The van der Waals surface area contributed by atoms with E-state index in [9.17, 15) is 9.90 Å². The molecule has 0 spiro atoms. The van der Waals surface area contributed by atoms with Crippen molar-refractivity contribution < 1.29 is 14.6 Å². The van der Waals surface area contributed by atoms with E-state index in [1.807, 2.05) is 30.3 Å². The lowest BCUT2D eigenvalue weighted by Gasteiger charge is -2.39. The van der Waals surface area contributed by atoms with Crippen molar-refractivity contribution in [3.05, 3.63) is 77.9 Å². The van der Waals surface area contributed by atoms with Crippen LogP contribution in [0.25, 0.3) is 0 Å². The summed E-state index contributed by atoms with van der Waals surface area (Å²) in [5.41, 5.74) is 2.54. The van der Waals surface area contributed by atoms with Gasteiger partial charge in [0.2, 0.25) is 0 Å². The summed E-state index contributed by atoms with van der Waals surface area (Å²) in [7, 11) is 1.67. The number of benzene rings is 2. The normalized spacial score (nSPS) is 16.6. The van der Waals surface area contributed by atoms with Gasteiger partial charge >= 0.3 is 5.97 Å². The molecule has 0 aromatic heterocycles. The first-order valence-corrected chi connectivity index (χ1v) is 9.17. The zero-order valence-electron chi connectivity index (χ0n) is 15.7. The molecule has 27 heavy (non-hydrogen) atoms. The fraction of sp³-hybridized carbons (Fsp3) is 0.318. The van der Waals surface area contributed by atoms with Gasteiger partial charge in [-0.05, 0) is 35.4 Å². The molecule has 1 atom stereocenters. The summed E-state index contributed by atoms with van der Waals surface area (Å²) in [6.45, 7) is 8.59. The van der Waals surface area contributed by atoms with Crippen LogP contribution in [0.4, 0.5) is 0 Å². The van der Waals surface area contributed by atoms with Crippen LogP contribution in [0.2, 0.25) is 0 Å². The molecule has 0 radical (unpaired) electrons. The van der Waals surface area contributed by atoms with Crippen LogP contribution in [0.1, 0.15) is 27.5 Å². The predicted molar refractivity (Wildman–Crippen MR) is 106 cm³/mol. The number of nitrogens with zero attached hydrogens (tertiary/aromatic N) is 2. The van der Waals surface area contributed by atoms with Crippen molar-refractivity contribution in [2.24, 2.45) is 0 Å². The van der Waals surface area contributed by atoms with Gasteiger partial charge in [0.05, 0.1) is 18.7 Å². The van der Waals surface area contributed by atoms with Gasteiger partial charge in [0, 0.05) is 32.7 Å². The summed E-state index contributed by atoms with van der Waals surface area (Å²) >= 11 is 0. The third-order valence-electron chi connectivity index (χ3n) is 5.04. The highest BCUT2D eigenvalue weighted by molar-refractivity contribution is 5.87. The average molecular weight is 366 g/mol. The number of carbonyl (C=O) groups is 1. The molecular weight excluding hydrogens is 340 g/mol. The Bertz CT molecular complexity index is 780. The van der Waals surface area contributed by atoms with Crippen molar-refractivity contribution in [3.63, 3.8) is 0 Å². The van der Waals surface area contributed by atoms with Crippen molar-refractivity contribution in [2.45, 2.75) is 6.04 Å². The van der Waals surface area contributed by atoms with Gasteiger partial charge in [-0.1, -0.05) is 30.3 Å². The molecule has 5 heteroatoms. The van der Waals surface area contributed by atoms with E-state index in [-0.39, 0.29) is 6.04 Å². The van der Waals surface area contributed by atoms with E-state index in [0.717, 1.165) is 49.6 Å². The van der Waals surface area contributed by atoms with Crippen LogP contribution >= 0.6 is 0 Å². The molecule has 3 rings (SSSR count). The van der Waals surface area contributed by atoms with Crippen LogP contribution in [0.15, 0.2) is 61.2 Å². The molecule has 5 nitrogen and oxygen atoms in total. The Labute approximate surface area is 160 Å². The quantitative estimate of drug-likeness (QED) is 0.762. The van der Waals surface area contributed by atoms with Gasteiger partial charge < -0.3 is 9.84 Å². The third kappa shape index (κ3) is 4.56. The lowest BCUT2D eigenvalue weighted by molar-refractivity contribution is 0.0697. The lowest BCUT2D eigenvalue weighted by Crippen LogP contribution is -2.47. The highest BCUT2D eigenvalue weighted by Crippen LogP contribution is 2.31. The van der Waals surface area contributed by atoms with E-state index in [1.165, 1.54) is 0 Å². The second kappa shape index (κ2) is 8.84. The van der Waals surface area contributed by atoms with Crippen LogP contribution in [0.3, 0.4) is 0 Å². The van der Waals surface area contributed by atoms with Gasteiger partial charge in [-0.2, -0.15) is 0 Å². The number of carboxylic acid groups (broad SMARTS) is 1. The van der Waals surface area contributed by atoms with Crippen LogP contribution in [-0.4, -0.2) is 60.7 Å². The number of rotatable bonds is 7. The number of hydrogen-bond donors (Lipinski definition) is 1. The average Bonchev–Trinajstić information content (AvgIpc) is 2.70. The molecule has 1 N–H and O–H groups in total. The molecule has 0 unspecified atom stereocenters. The molecule has 0 saturated carbocycles. The zero-order valence-corrected chi connectivity index (χ0v) is 15.7. The van der Waals surface area contributed by atoms with E-state index in [1.54, 1.807) is 19.2 Å². The van der Waals surface area contributed by atoms with Crippen LogP contribution in [0, 0.1) is 0 Å². The van der Waals surface area contributed by atoms with Gasteiger partial charge in [0.15, 0.2) is 0 Å². The highest BCUT2D eigenvalue weighted by atomic mass is 16.5. The summed E-state index contributed by atoms with van der Waals surface area (Å²) in [6.07, 6.45) is 1.94. The molecule has 1 heterocycles. The Morgan fingerprint density at radius 2 is 1.85 bits per heavy atom. The number of carboxylic acids is 1.